The lowest BCUT2D eigenvalue weighted by Gasteiger charge is -2.04. The van der Waals surface area contributed by atoms with Crippen LogP contribution in [0.2, 0.25) is 5.28 Å². The van der Waals surface area contributed by atoms with Gasteiger partial charge in [0.1, 0.15) is 5.75 Å². The summed E-state index contributed by atoms with van der Waals surface area (Å²) < 4.78 is 0. The van der Waals surface area contributed by atoms with Gasteiger partial charge in [0.15, 0.2) is 0 Å². The molecule has 0 fully saturated rings. The molecule has 3 nitrogen and oxygen atoms in total. The molecule has 1 N–H and O–H groups in total. The highest BCUT2D eigenvalue weighted by Crippen LogP contribution is 2.22. The fourth-order valence-corrected chi connectivity index (χ4v) is 1.77. The summed E-state index contributed by atoms with van der Waals surface area (Å²) in [6.45, 7) is 2.09. The summed E-state index contributed by atoms with van der Waals surface area (Å²) >= 11 is 5.81. The zero-order valence-corrected chi connectivity index (χ0v) is 9.12. The molecule has 78 valence electrons. The highest BCUT2D eigenvalue weighted by molar-refractivity contribution is 6.28. The van der Waals surface area contributed by atoms with E-state index in [0.717, 1.165) is 23.9 Å². The second-order valence-electron chi connectivity index (χ2n) is 3.39. The Labute approximate surface area is 92.7 Å². The van der Waals surface area contributed by atoms with E-state index in [2.05, 4.69) is 16.9 Å². The molecule has 0 amide bonds. The molecule has 1 aromatic heterocycles. The quantitative estimate of drug-likeness (QED) is 0.795. The van der Waals surface area contributed by atoms with Gasteiger partial charge in [0, 0.05) is 11.5 Å². The van der Waals surface area contributed by atoms with Crippen LogP contribution in [0.1, 0.15) is 19.0 Å². The van der Waals surface area contributed by atoms with Crippen LogP contribution in [0.25, 0.3) is 10.9 Å². The Morgan fingerprint density at radius 1 is 1.33 bits per heavy atom. The number of phenols is 1. The average Bonchev–Trinajstić information content (AvgIpc) is 2.17. The molecule has 0 unspecified atom stereocenters. The summed E-state index contributed by atoms with van der Waals surface area (Å²) in [5.74, 6) is 0.194. The third-order valence-corrected chi connectivity index (χ3v) is 2.39. The Balaban J connectivity index is 2.68. The maximum absolute atomic E-state index is 9.34. The van der Waals surface area contributed by atoms with Crippen molar-refractivity contribution in [1.82, 2.24) is 9.97 Å². The molecule has 0 aliphatic rings. The lowest BCUT2D eigenvalue weighted by molar-refractivity contribution is 0.476. The fraction of sp³-hybridized carbons (Fsp3) is 0.273. The number of aryl methyl sites for hydroxylation is 1. The summed E-state index contributed by atoms with van der Waals surface area (Å²) in [5, 5.41) is 10.5. The van der Waals surface area contributed by atoms with E-state index >= 15 is 0 Å². The van der Waals surface area contributed by atoms with E-state index in [1.54, 1.807) is 12.1 Å². The number of nitrogens with zero attached hydrogens (tertiary/aromatic N) is 2. The molecule has 15 heavy (non-hydrogen) atoms. The maximum atomic E-state index is 9.34. The van der Waals surface area contributed by atoms with Crippen molar-refractivity contribution in [2.24, 2.45) is 0 Å². The lowest BCUT2D eigenvalue weighted by Crippen LogP contribution is -1.94. The van der Waals surface area contributed by atoms with Gasteiger partial charge in [-0.25, -0.2) is 9.97 Å². The molecule has 1 heterocycles. The Morgan fingerprint density at radius 3 is 2.87 bits per heavy atom. The third kappa shape index (κ3) is 2.02. The molecule has 0 aliphatic carbocycles. The highest BCUT2D eigenvalue weighted by Gasteiger charge is 2.06. The fourth-order valence-electron chi connectivity index (χ4n) is 1.58. The van der Waals surface area contributed by atoms with Crippen molar-refractivity contribution in [1.29, 1.82) is 0 Å². The van der Waals surface area contributed by atoms with Crippen molar-refractivity contribution in [3.05, 3.63) is 29.2 Å². The van der Waals surface area contributed by atoms with E-state index in [0.29, 0.717) is 5.52 Å². The molecule has 0 aliphatic heterocycles. The first-order valence-electron chi connectivity index (χ1n) is 4.86. The van der Waals surface area contributed by atoms with Crippen LogP contribution in [0.15, 0.2) is 18.2 Å². The Kier molecular flexibility index (Phi) is 2.73. The van der Waals surface area contributed by atoms with E-state index in [4.69, 9.17) is 11.6 Å². The van der Waals surface area contributed by atoms with Crippen LogP contribution in [0.3, 0.4) is 0 Å². The summed E-state index contributed by atoms with van der Waals surface area (Å²) in [6.07, 6.45) is 1.87. The van der Waals surface area contributed by atoms with Gasteiger partial charge in [-0.2, -0.15) is 0 Å². The van der Waals surface area contributed by atoms with Gasteiger partial charge < -0.3 is 5.11 Å². The van der Waals surface area contributed by atoms with Crippen LogP contribution in [0.5, 0.6) is 5.75 Å². The lowest BCUT2D eigenvalue weighted by atomic mass is 10.1. The number of phenolic OH excluding ortho intramolecular Hbond substituents is 1. The zero-order valence-electron chi connectivity index (χ0n) is 8.37. The monoisotopic (exact) mass is 222 g/mol. The highest BCUT2D eigenvalue weighted by atomic mass is 35.5. The van der Waals surface area contributed by atoms with Gasteiger partial charge in [0.25, 0.3) is 0 Å². The normalized spacial score (nSPS) is 10.8. The van der Waals surface area contributed by atoms with Crippen LogP contribution in [-0.4, -0.2) is 15.1 Å². The number of rotatable bonds is 2. The van der Waals surface area contributed by atoms with E-state index in [9.17, 15) is 5.11 Å². The van der Waals surface area contributed by atoms with Crippen molar-refractivity contribution < 1.29 is 5.11 Å². The molecule has 4 heteroatoms. The number of benzene rings is 1. The predicted octanol–water partition coefficient (Wildman–Crippen LogP) is 2.94. The van der Waals surface area contributed by atoms with E-state index in [-0.39, 0.29) is 11.0 Å². The first-order chi connectivity index (χ1) is 7.20. The molecule has 2 rings (SSSR count). The smallest absolute Gasteiger partial charge is 0.223 e. The van der Waals surface area contributed by atoms with Gasteiger partial charge in [0.05, 0.1) is 11.2 Å². The number of aromatic nitrogens is 2. The van der Waals surface area contributed by atoms with E-state index < -0.39 is 0 Å². The second kappa shape index (κ2) is 4.03. The molecular weight excluding hydrogens is 212 g/mol. The summed E-state index contributed by atoms with van der Waals surface area (Å²) in [5.41, 5.74) is 1.63. The van der Waals surface area contributed by atoms with Crippen LogP contribution in [-0.2, 0) is 6.42 Å². The van der Waals surface area contributed by atoms with Crippen molar-refractivity contribution >= 4 is 22.5 Å². The minimum atomic E-state index is 0.194. The van der Waals surface area contributed by atoms with Gasteiger partial charge >= 0.3 is 0 Å². The second-order valence-corrected chi connectivity index (χ2v) is 3.73. The SMILES string of the molecule is CCCc1nc(Cl)nc2cc(O)ccc12. The van der Waals surface area contributed by atoms with Crippen LogP contribution in [0.4, 0.5) is 0 Å². The molecule has 0 saturated carbocycles. The largest absolute Gasteiger partial charge is 0.508 e. The molecule has 0 bridgehead atoms. The van der Waals surface area contributed by atoms with Crippen LogP contribution < -0.4 is 0 Å². The zero-order chi connectivity index (χ0) is 10.8. The van der Waals surface area contributed by atoms with Crippen molar-refractivity contribution in [2.45, 2.75) is 19.8 Å². The first kappa shape index (κ1) is 10.2. The summed E-state index contributed by atoms with van der Waals surface area (Å²) in [7, 11) is 0. The summed E-state index contributed by atoms with van der Waals surface area (Å²) in [6, 6.07) is 5.06. The Bertz CT molecular complexity index is 494. The number of fused-ring (bicyclic) bond motifs is 1. The van der Waals surface area contributed by atoms with Gasteiger partial charge in [-0.15, -0.1) is 0 Å². The van der Waals surface area contributed by atoms with Gasteiger partial charge in [-0.1, -0.05) is 13.3 Å². The number of hydrogen-bond donors (Lipinski definition) is 1. The van der Waals surface area contributed by atoms with E-state index in [1.165, 1.54) is 0 Å². The topological polar surface area (TPSA) is 46.0 Å². The van der Waals surface area contributed by atoms with Gasteiger partial charge in [-0.3, -0.25) is 0 Å². The van der Waals surface area contributed by atoms with Crippen molar-refractivity contribution in [3.8, 4) is 5.75 Å². The maximum Gasteiger partial charge on any atom is 0.223 e. The number of halogens is 1. The van der Waals surface area contributed by atoms with Crippen molar-refractivity contribution in [3.63, 3.8) is 0 Å². The minimum Gasteiger partial charge on any atom is -0.508 e. The Hall–Kier alpha value is -1.35. The number of aromatic hydroxyl groups is 1. The van der Waals surface area contributed by atoms with Gasteiger partial charge in [-0.05, 0) is 30.2 Å². The van der Waals surface area contributed by atoms with Crippen LogP contribution >= 0.6 is 11.6 Å². The molecule has 0 spiro atoms. The summed E-state index contributed by atoms with van der Waals surface area (Å²) in [4.78, 5) is 8.27. The molecule has 0 atom stereocenters. The predicted molar refractivity (Wildman–Crippen MR) is 60.2 cm³/mol. The third-order valence-electron chi connectivity index (χ3n) is 2.22. The minimum absolute atomic E-state index is 0.194. The average molecular weight is 223 g/mol. The van der Waals surface area contributed by atoms with Crippen LogP contribution in [0, 0.1) is 0 Å². The molecule has 0 saturated heterocycles. The number of hydrogen-bond acceptors (Lipinski definition) is 3. The molecule has 0 radical (unpaired) electrons. The van der Waals surface area contributed by atoms with Gasteiger partial charge in [0.2, 0.25) is 5.28 Å². The van der Waals surface area contributed by atoms with Crippen molar-refractivity contribution in [2.75, 3.05) is 0 Å². The van der Waals surface area contributed by atoms with E-state index in [1.807, 2.05) is 6.07 Å². The molecule has 1 aromatic carbocycles. The first-order valence-corrected chi connectivity index (χ1v) is 5.23. The molecule has 2 aromatic rings. The Morgan fingerprint density at radius 2 is 2.13 bits per heavy atom. The molecular formula is C11H11ClN2O. The standard InChI is InChI=1S/C11H11ClN2O/c1-2-3-9-8-5-4-7(15)6-10(8)14-11(12)13-9/h4-6,15H,2-3H2,1H3.